The summed E-state index contributed by atoms with van der Waals surface area (Å²) >= 11 is 0. The van der Waals surface area contributed by atoms with E-state index in [4.69, 9.17) is 14.2 Å². The highest BCUT2D eigenvalue weighted by molar-refractivity contribution is 5.82. The van der Waals surface area contributed by atoms with Gasteiger partial charge in [-0.25, -0.2) is 4.79 Å². The lowest BCUT2D eigenvalue weighted by atomic mass is 10.1. The molecule has 0 spiro atoms. The molecule has 0 N–H and O–H groups in total. The molecule has 1 saturated heterocycles. The summed E-state index contributed by atoms with van der Waals surface area (Å²) in [6.07, 6.45) is 3.91. The molecule has 1 fully saturated rings. The number of ether oxygens (including phenoxy) is 3. The van der Waals surface area contributed by atoms with Crippen LogP contribution in [-0.4, -0.2) is 22.0 Å². The van der Waals surface area contributed by atoms with E-state index in [0.717, 1.165) is 5.69 Å². The fourth-order valence-corrected chi connectivity index (χ4v) is 2.47. The first-order valence-corrected chi connectivity index (χ1v) is 8.17. The molecule has 2 aromatic heterocycles. The number of pyridine rings is 2. The molecule has 0 unspecified atom stereocenters. The molecule has 130 valence electrons. The minimum atomic E-state index is -0.708. The monoisotopic (exact) mass is 340 g/mol. The molecule has 0 radical (unpaired) electrons. The van der Waals surface area contributed by atoms with Gasteiger partial charge in [-0.1, -0.05) is 12.1 Å². The molecule has 1 aliphatic rings. The van der Waals surface area contributed by atoms with Gasteiger partial charge in [0.15, 0.2) is 0 Å². The third kappa shape index (κ3) is 4.64. The summed E-state index contributed by atoms with van der Waals surface area (Å²) in [5, 5.41) is 0. The molecule has 1 aliphatic heterocycles. The van der Waals surface area contributed by atoms with E-state index in [-0.39, 0.29) is 12.2 Å². The topological polar surface area (TPSA) is 70.5 Å². The van der Waals surface area contributed by atoms with Crippen molar-refractivity contribution in [1.29, 1.82) is 0 Å². The Morgan fingerprint density at radius 1 is 1.16 bits per heavy atom. The summed E-state index contributed by atoms with van der Waals surface area (Å²) < 4.78 is 17.0. The lowest BCUT2D eigenvalue weighted by Crippen LogP contribution is -2.23. The Bertz CT molecular complexity index is 682. The van der Waals surface area contributed by atoms with Crippen molar-refractivity contribution >= 4 is 5.97 Å². The summed E-state index contributed by atoms with van der Waals surface area (Å²) in [6, 6.07) is 11.1. The molecule has 6 heteroatoms. The quantitative estimate of drug-likeness (QED) is 0.627. The first-order chi connectivity index (χ1) is 12.1. The first-order valence-electron chi connectivity index (χ1n) is 8.17. The number of carbonyl (C=O) groups excluding carboxylic acids is 1. The molecule has 2 aromatic rings. The molecule has 2 atom stereocenters. The molecule has 6 nitrogen and oxygen atoms in total. The molecular formula is C19H20N2O4. The van der Waals surface area contributed by atoms with E-state index in [1.165, 1.54) is 6.08 Å². The van der Waals surface area contributed by atoms with Gasteiger partial charge < -0.3 is 14.2 Å². The number of hydrogen-bond donors (Lipinski definition) is 0. The van der Waals surface area contributed by atoms with Gasteiger partial charge in [-0.2, -0.15) is 0 Å². The van der Waals surface area contributed by atoms with E-state index in [1.807, 2.05) is 36.4 Å². The number of esters is 1. The Morgan fingerprint density at radius 3 is 2.44 bits per heavy atom. The molecule has 25 heavy (non-hydrogen) atoms. The van der Waals surface area contributed by atoms with Crippen LogP contribution in [0, 0.1) is 0 Å². The Morgan fingerprint density at radius 2 is 1.84 bits per heavy atom. The van der Waals surface area contributed by atoms with Gasteiger partial charge in [0.25, 0.3) is 0 Å². The van der Waals surface area contributed by atoms with Crippen LogP contribution in [0.2, 0.25) is 0 Å². The highest BCUT2D eigenvalue weighted by Crippen LogP contribution is 2.38. The third-order valence-electron chi connectivity index (χ3n) is 3.51. The van der Waals surface area contributed by atoms with Crippen LogP contribution in [0.1, 0.15) is 44.1 Å². The fraction of sp³-hybridized carbons (Fsp3) is 0.316. The van der Waals surface area contributed by atoms with Crippen LogP contribution in [-0.2, 0) is 19.0 Å². The maximum atomic E-state index is 12.0. The standard InChI is InChI=1S/C19H20N2O4/c1-13(2)23-18(22)12-14-11-17(15-7-3-5-9-20-15)25-19(24-14)16-8-4-6-10-21-16/h3-10,12-13,17,19H,11H2,1-2H3/b14-12+/t17-,19-/m0/s1. The summed E-state index contributed by atoms with van der Waals surface area (Å²) in [7, 11) is 0. The average Bonchev–Trinajstić information content (AvgIpc) is 2.62. The van der Waals surface area contributed by atoms with Gasteiger partial charge >= 0.3 is 5.97 Å². The number of nitrogens with zero attached hydrogens (tertiary/aromatic N) is 2. The van der Waals surface area contributed by atoms with Gasteiger partial charge in [0, 0.05) is 18.8 Å². The Labute approximate surface area is 146 Å². The largest absolute Gasteiger partial charge is 0.463 e. The zero-order valence-corrected chi connectivity index (χ0v) is 14.2. The van der Waals surface area contributed by atoms with Crippen molar-refractivity contribution in [2.24, 2.45) is 0 Å². The van der Waals surface area contributed by atoms with Crippen molar-refractivity contribution < 1.29 is 19.0 Å². The normalized spacial score (nSPS) is 21.8. The highest BCUT2D eigenvalue weighted by atomic mass is 16.7. The van der Waals surface area contributed by atoms with E-state index < -0.39 is 12.3 Å². The highest BCUT2D eigenvalue weighted by Gasteiger charge is 2.31. The molecule has 0 amide bonds. The van der Waals surface area contributed by atoms with Crippen LogP contribution in [0.4, 0.5) is 0 Å². The molecule has 0 aromatic carbocycles. The Kier molecular flexibility index (Phi) is 5.40. The molecule has 0 saturated carbocycles. The molecular weight excluding hydrogens is 320 g/mol. The summed E-state index contributed by atoms with van der Waals surface area (Å²) in [6.45, 7) is 3.60. The molecule has 0 bridgehead atoms. The third-order valence-corrected chi connectivity index (χ3v) is 3.51. The SMILES string of the molecule is CC(C)OC(=O)/C=C1\C[C@@H](c2ccccn2)O[C@@H](c2ccccn2)O1. The second-order valence-electron chi connectivity index (χ2n) is 5.88. The molecule has 3 rings (SSSR count). The van der Waals surface area contributed by atoms with Crippen LogP contribution in [0.5, 0.6) is 0 Å². The van der Waals surface area contributed by atoms with Crippen molar-refractivity contribution in [2.45, 2.75) is 38.8 Å². The number of aromatic nitrogens is 2. The summed E-state index contributed by atoms with van der Waals surface area (Å²) in [5.41, 5.74) is 1.40. The summed E-state index contributed by atoms with van der Waals surface area (Å²) in [5.74, 6) is 0.0506. The van der Waals surface area contributed by atoms with Gasteiger partial charge in [-0.3, -0.25) is 9.97 Å². The Balaban J connectivity index is 1.86. The zero-order valence-electron chi connectivity index (χ0n) is 14.2. The van der Waals surface area contributed by atoms with Gasteiger partial charge in [0.1, 0.15) is 17.6 Å². The number of hydrogen-bond acceptors (Lipinski definition) is 6. The molecule has 3 heterocycles. The van der Waals surface area contributed by atoms with Gasteiger partial charge in [0.2, 0.25) is 6.29 Å². The van der Waals surface area contributed by atoms with Crippen molar-refractivity contribution in [2.75, 3.05) is 0 Å². The van der Waals surface area contributed by atoms with Gasteiger partial charge in [0.05, 0.1) is 17.9 Å². The minimum absolute atomic E-state index is 0.192. The van der Waals surface area contributed by atoms with Gasteiger partial charge in [-0.05, 0) is 38.1 Å². The second-order valence-corrected chi connectivity index (χ2v) is 5.88. The maximum Gasteiger partial charge on any atom is 0.334 e. The lowest BCUT2D eigenvalue weighted by molar-refractivity contribution is -0.194. The maximum absolute atomic E-state index is 12.0. The van der Waals surface area contributed by atoms with Crippen LogP contribution >= 0.6 is 0 Å². The van der Waals surface area contributed by atoms with Crippen LogP contribution in [0.3, 0.4) is 0 Å². The fourth-order valence-electron chi connectivity index (χ4n) is 2.47. The number of rotatable bonds is 4. The first kappa shape index (κ1) is 17.1. The van der Waals surface area contributed by atoms with Crippen molar-refractivity contribution in [1.82, 2.24) is 9.97 Å². The van der Waals surface area contributed by atoms with Crippen LogP contribution < -0.4 is 0 Å². The van der Waals surface area contributed by atoms with E-state index >= 15 is 0 Å². The van der Waals surface area contributed by atoms with Crippen molar-refractivity contribution in [3.8, 4) is 0 Å². The second kappa shape index (κ2) is 7.90. The van der Waals surface area contributed by atoms with E-state index in [0.29, 0.717) is 17.9 Å². The van der Waals surface area contributed by atoms with Crippen LogP contribution in [0.15, 0.2) is 60.6 Å². The van der Waals surface area contributed by atoms with Crippen molar-refractivity contribution in [3.05, 3.63) is 72.0 Å². The van der Waals surface area contributed by atoms with Crippen molar-refractivity contribution in [3.63, 3.8) is 0 Å². The van der Waals surface area contributed by atoms with E-state index in [2.05, 4.69) is 9.97 Å². The zero-order chi connectivity index (χ0) is 17.6. The van der Waals surface area contributed by atoms with Crippen LogP contribution in [0.25, 0.3) is 0 Å². The van der Waals surface area contributed by atoms with E-state index in [1.54, 1.807) is 26.2 Å². The van der Waals surface area contributed by atoms with Gasteiger partial charge in [-0.15, -0.1) is 0 Å². The predicted octanol–water partition coefficient (Wildman–Crippen LogP) is 3.49. The lowest BCUT2D eigenvalue weighted by Gasteiger charge is -2.31. The number of carbonyl (C=O) groups is 1. The summed E-state index contributed by atoms with van der Waals surface area (Å²) in [4.78, 5) is 20.6. The molecule has 0 aliphatic carbocycles. The minimum Gasteiger partial charge on any atom is -0.463 e. The smallest absolute Gasteiger partial charge is 0.334 e. The predicted molar refractivity (Wildman–Crippen MR) is 90.1 cm³/mol. The van der Waals surface area contributed by atoms with E-state index in [9.17, 15) is 4.79 Å². The Hall–Kier alpha value is -2.73. The average molecular weight is 340 g/mol.